The molecule has 0 saturated carbocycles. The third-order valence-electron chi connectivity index (χ3n) is 1.48. The summed E-state index contributed by atoms with van der Waals surface area (Å²) in [4.78, 5) is 10.6. The van der Waals surface area contributed by atoms with Gasteiger partial charge in [0.25, 0.3) is 0 Å². The SMILES string of the molecule is CO/C=C/C1=NN(C(N)=O)CC1. The number of amides is 2. The highest BCUT2D eigenvalue weighted by atomic mass is 16.5. The van der Waals surface area contributed by atoms with E-state index in [9.17, 15) is 4.79 Å². The van der Waals surface area contributed by atoms with Crippen LogP contribution in [0.1, 0.15) is 6.42 Å². The van der Waals surface area contributed by atoms with E-state index in [1.807, 2.05) is 0 Å². The van der Waals surface area contributed by atoms with Crippen molar-refractivity contribution >= 4 is 11.7 Å². The zero-order valence-electron chi connectivity index (χ0n) is 6.86. The van der Waals surface area contributed by atoms with E-state index in [0.717, 1.165) is 12.1 Å². The Morgan fingerprint density at radius 2 is 2.58 bits per heavy atom. The topological polar surface area (TPSA) is 67.9 Å². The molecule has 0 aromatic heterocycles. The highest BCUT2D eigenvalue weighted by molar-refractivity contribution is 5.97. The van der Waals surface area contributed by atoms with Crippen molar-refractivity contribution in [1.29, 1.82) is 0 Å². The highest BCUT2D eigenvalue weighted by Crippen LogP contribution is 2.05. The van der Waals surface area contributed by atoms with Crippen LogP contribution in [0.4, 0.5) is 4.79 Å². The minimum Gasteiger partial charge on any atom is -0.504 e. The van der Waals surface area contributed by atoms with Gasteiger partial charge in [-0.25, -0.2) is 9.80 Å². The van der Waals surface area contributed by atoms with Crippen LogP contribution in [0.5, 0.6) is 0 Å². The monoisotopic (exact) mass is 169 g/mol. The van der Waals surface area contributed by atoms with Crippen LogP contribution < -0.4 is 5.73 Å². The van der Waals surface area contributed by atoms with Crippen molar-refractivity contribution in [1.82, 2.24) is 5.01 Å². The number of nitrogens with two attached hydrogens (primary N) is 1. The maximum atomic E-state index is 10.6. The van der Waals surface area contributed by atoms with Crippen LogP contribution in [-0.4, -0.2) is 30.4 Å². The summed E-state index contributed by atoms with van der Waals surface area (Å²) in [5, 5.41) is 5.17. The summed E-state index contributed by atoms with van der Waals surface area (Å²) in [5.74, 6) is 0. The normalized spacial score (nSPS) is 16.8. The van der Waals surface area contributed by atoms with Crippen LogP contribution >= 0.6 is 0 Å². The Hall–Kier alpha value is -1.52. The van der Waals surface area contributed by atoms with E-state index >= 15 is 0 Å². The summed E-state index contributed by atoms with van der Waals surface area (Å²) in [6, 6.07) is -0.518. The largest absolute Gasteiger partial charge is 0.504 e. The molecule has 0 radical (unpaired) electrons. The summed E-state index contributed by atoms with van der Waals surface area (Å²) < 4.78 is 4.70. The molecule has 12 heavy (non-hydrogen) atoms. The molecule has 0 fully saturated rings. The number of carbonyl (C=O) groups is 1. The first-order chi connectivity index (χ1) is 5.74. The van der Waals surface area contributed by atoms with Crippen molar-refractivity contribution < 1.29 is 9.53 Å². The van der Waals surface area contributed by atoms with Gasteiger partial charge in [0, 0.05) is 6.42 Å². The fourth-order valence-electron chi connectivity index (χ4n) is 0.898. The van der Waals surface area contributed by atoms with E-state index in [-0.39, 0.29) is 0 Å². The molecule has 0 aliphatic carbocycles. The lowest BCUT2D eigenvalue weighted by molar-refractivity contribution is 0.215. The van der Waals surface area contributed by atoms with Crippen LogP contribution in [-0.2, 0) is 4.74 Å². The third-order valence-corrected chi connectivity index (χ3v) is 1.48. The number of urea groups is 1. The predicted octanol–water partition coefficient (Wildman–Crippen LogP) is 0.287. The van der Waals surface area contributed by atoms with Gasteiger partial charge in [-0.3, -0.25) is 0 Å². The molecular formula is C7H11N3O2. The second-order valence-corrected chi connectivity index (χ2v) is 2.34. The maximum Gasteiger partial charge on any atom is 0.335 e. The molecule has 0 saturated heterocycles. The summed E-state index contributed by atoms with van der Waals surface area (Å²) >= 11 is 0. The lowest BCUT2D eigenvalue weighted by atomic mass is 10.3. The first-order valence-electron chi connectivity index (χ1n) is 3.58. The van der Waals surface area contributed by atoms with Crippen molar-refractivity contribution in [2.75, 3.05) is 13.7 Å². The third kappa shape index (κ3) is 1.98. The lowest BCUT2D eigenvalue weighted by Gasteiger charge is -2.04. The smallest absolute Gasteiger partial charge is 0.335 e. The van der Waals surface area contributed by atoms with Gasteiger partial charge in [-0.15, -0.1) is 0 Å². The molecule has 2 amide bonds. The molecular weight excluding hydrogens is 158 g/mol. The number of hydrazone groups is 1. The Labute approximate surface area is 70.5 Å². The molecule has 0 aromatic rings. The van der Waals surface area contributed by atoms with E-state index in [2.05, 4.69) is 5.10 Å². The quantitative estimate of drug-likeness (QED) is 0.603. The number of allylic oxidation sites excluding steroid dienone is 1. The number of hydrogen-bond acceptors (Lipinski definition) is 3. The number of rotatable bonds is 2. The van der Waals surface area contributed by atoms with E-state index in [1.54, 1.807) is 13.2 Å². The number of primary amides is 1. The van der Waals surface area contributed by atoms with Gasteiger partial charge in [0.2, 0.25) is 0 Å². The minimum atomic E-state index is -0.518. The van der Waals surface area contributed by atoms with Crippen molar-refractivity contribution in [2.45, 2.75) is 6.42 Å². The molecule has 1 rings (SSSR count). The summed E-state index contributed by atoms with van der Waals surface area (Å²) in [5.41, 5.74) is 5.81. The molecule has 2 N–H and O–H groups in total. The van der Waals surface area contributed by atoms with E-state index < -0.39 is 6.03 Å². The van der Waals surface area contributed by atoms with Crippen molar-refractivity contribution in [3.05, 3.63) is 12.3 Å². The number of nitrogens with zero attached hydrogens (tertiary/aromatic N) is 2. The van der Waals surface area contributed by atoms with Gasteiger partial charge in [0.05, 0.1) is 25.6 Å². The average Bonchev–Trinajstić information content (AvgIpc) is 2.48. The van der Waals surface area contributed by atoms with Crippen molar-refractivity contribution in [3.8, 4) is 0 Å². The van der Waals surface area contributed by atoms with Gasteiger partial charge in [0.1, 0.15) is 0 Å². The lowest BCUT2D eigenvalue weighted by Crippen LogP contribution is -2.29. The fourth-order valence-corrected chi connectivity index (χ4v) is 0.898. The molecule has 1 heterocycles. The Bertz CT molecular complexity index is 235. The average molecular weight is 169 g/mol. The minimum absolute atomic E-state index is 0.518. The van der Waals surface area contributed by atoms with Crippen LogP contribution in [0.2, 0.25) is 0 Å². The fraction of sp³-hybridized carbons (Fsp3) is 0.429. The molecule has 0 bridgehead atoms. The van der Waals surface area contributed by atoms with Gasteiger partial charge >= 0.3 is 6.03 Å². The molecule has 5 nitrogen and oxygen atoms in total. The van der Waals surface area contributed by atoms with Crippen LogP contribution in [0.15, 0.2) is 17.4 Å². The van der Waals surface area contributed by atoms with Gasteiger partial charge < -0.3 is 10.5 Å². The predicted molar refractivity (Wildman–Crippen MR) is 44.5 cm³/mol. The summed E-state index contributed by atoms with van der Waals surface area (Å²) in [7, 11) is 1.55. The van der Waals surface area contributed by atoms with Crippen LogP contribution in [0.25, 0.3) is 0 Å². The standard InChI is InChI=1S/C7H11N3O2/c1-12-5-3-6-2-4-10(9-6)7(8)11/h3,5H,2,4H2,1H3,(H2,8,11)/b5-3+. The summed E-state index contributed by atoms with van der Waals surface area (Å²) in [6.07, 6.45) is 3.95. The molecule has 0 spiro atoms. The van der Waals surface area contributed by atoms with Gasteiger partial charge in [-0.1, -0.05) is 0 Å². The molecule has 0 atom stereocenters. The van der Waals surface area contributed by atoms with E-state index in [0.29, 0.717) is 6.54 Å². The van der Waals surface area contributed by atoms with E-state index in [1.165, 1.54) is 11.3 Å². The number of ether oxygens (including phenoxy) is 1. The van der Waals surface area contributed by atoms with Gasteiger partial charge in [0.15, 0.2) is 0 Å². The van der Waals surface area contributed by atoms with Crippen LogP contribution in [0, 0.1) is 0 Å². The first-order valence-corrected chi connectivity index (χ1v) is 3.58. The van der Waals surface area contributed by atoms with Crippen molar-refractivity contribution in [2.24, 2.45) is 10.8 Å². The second-order valence-electron chi connectivity index (χ2n) is 2.34. The Morgan fingerprint density at radius 1 is 1.83 bits per heavy atom. The second kappa shape index (κ2) is 3.75. The number of hydrogen-bond donors (Lipinski definition) is 1. The Kier molecular flexibility index (Phi) is 2.68. The molecule has 66 valence electrons. The molecule has 1 aliphatic rings. The molecule has 0 aromatic carbocycles. The maximum absolute atomic E-state index is 10.6. The Balaban J connectivity index is 2.54. The van der Waals surface area contributed by atoms with E-state index in [4.69, 9.17) is 10.5 Å². The van der Waals surface area contributed by atoms with Gasteiger partial charge in [-0.05, 0) is 6.08 Å². The Morgan fingerprint density at radius 3 is 3.08 bits per heavy atom. The highest BCUT2D eigenvalue weighted by Gasteiger charge is 2.15. The number of carbonyl (C=O) groups excluding carboxylic acids is 1. The van der Waals surface area contributed by atoms with Crippen molar-refractivity contribution in [3.63, 3.8) is 0 Å². The van der Waals surface area contributed by atoms with Crippen LogP contribution in [0.3, 0.4) is 0 Å². The van der Waals surface area contributed by atoms with Gasteiger partial charge in [-0.2, -0.15) is 5.10 Å². The molecule has 0 unspecified atom stereocenters. The summed E-state index contributed by atoms with van der Waals surface area (Å²) in [6.45, 7) is 0.554. The molecule has 1 aliphatic heterocycles. The zero-order chi connectivity index (χ0) is 8.97. The first kappa shape index (κ1) is 8.58. The number of methoxy groups -OCH3 is 1. The molecule has 5 heteroatoms. The zero-order valence-corrected chi connectivity index (χ0v) is 6.86.